The third-order valence-corrected chi connectivity index (χ3v) is 6.05. The van der Waals surface area contributed by atoms with Crippen molar-refractivity contribution in [2.75, 3.05) is 33.2 Å². The molecular formula is C24H32F3N5O3. The molecule has 192 valence electrons. The van der Waals surface area contributed by atoms with E-state index in [-0.39, 0.29) is 42.5 Å². The molecule has 0 bridgehead atoms. The smallest absolute Gasteiger partial charge is 0.419 e. The molecule has 1 aliphatic carbocycles. The molecule has 0 aliphatic heterocycles. The largest absolute Gasteiger partial charge is 0.495 e. The van der Waals surface area contributed by atoms with Crippen LogP contribution in [-0.2, 0) is 28.7 Å². The SMILES string of the molecule is CNCc1ccc(Nc2ncc(C(F)(F)F)c(C[C@@H]3CCCC[C@H]3NC(=O)COC)n2)c(OC)c1. The van der Waals surface area contributed by atoms with Gasteiger partial charge in [0.1, 0.15) is 12.4 Å². The average Bonchev–Trinajstić information content (AvgIpc) is 2.81. The summed E-state index contributed by atoms with van der Waals surface area (Å²) >= 11 is 0. The highest BCUT2D eigenvalue weighted by Crippen LogP contribution is 2.36. The molecule has 0 unspecified atom stereocenters. The van der Waals surface area contributed by atoms with Crippen LogP contribution in [0.5, 0.6) is 5.75 Å². The second-order valence-corrected chi connectivity index (χ2v) is 8.60. The van der Waals surface area contributed by atoms with Gasteiger partial charge in [0.2, 0.25) is 11.9 Å². The van der Waals surface area contributed by atoms with Crippen LogP contribution < -0.4 is 20.7 Å². The van der Waals surface area contributed by atoms with E-state index in [2.05, 4.69) is 25.9 Å². The topological polar surface area (TPSA) is 97.4 Å². The molecule has 35 heavy (non-hydrogen) atoms. The fourth-order valence-electron chi connectivity index (χ4n) is 4.41. The number of hydrogen-bond donors (Lipinski definition) is 3. The Hall–Kier alpha value is -2.92. The van der Waals surface area contributed by atoms with Crippen LogP contribution in [0.4, 0.5) is 24.8 Å². The molecular weight excluding hydrogens is 463 g/mol. The summed E-state index contributed by atoms with van der Waals surface area (Å²) in [6, 6.07) is 5.24. The molecule has 1 saturated carbocycles. The molecule has 11 heteroatoms. The van der Waals surface area contributed by atoms with Gasteiger partial charge in [-0.1, -0.05) is 18.9 Å². The number of methoxy groups -OCH3 is 2. The summed E-state index contributed by atoms with van der Waals surface area (Å²) in [5.41, 5.74) is 0.564. The quantitative estimate of drug-likeness (QED) is 0.461. The minimum Gasteiger partial charge on any atom is -0.495 e. The fraction of sp³-hybridized carbons (Fsp3) is 0.542. The Morgan fingerprint density at radius 3 is 2.66 bits per heavy atom. The number of amides is 1. The summed E-state index contributed by atoms with van der Waals surface area (Å²) in [4.78, 5) is 20.2. The first kappa shape index (κ1) is 26.7. The zero-order chi connectivity index (χ0) is 25.4. The lowest BCUT2D eigenvalue weighted by atomic mass is 9.81. The third-order valence-electron chi connectivity index (χ3n) is 6.05. The maximum atomic E-state index is 13.8. The highest BCUT2D eigenvalue weighted by Gasteiger charge is 2.37. The maximum Gasteiger partial charge on any atom is 0.419 e. The lowest BCUT2D eigenvalue weighted by Gasteiger charge is -2.32. The molecule has 1 fully saturated rings. The second kappa shape index (κ2) is 12.2. The number of nitrogens with zero attached hydrogens (tertiary/aromatic N) is 2. The molecule has 1 aromatic heterocycles. The van der Waals surface area contributed by atoms with E-state index in [1.807, 2.05) is 19.2 Å². The zero-order valence-corrected chi connectivity index (χ0v) is 20.2. The van der Waals surface area contributed by atoms with Crippen molar-refractivity contribution in [2.45, 2.75) is 50.9 Å². The van der Waals surface area contributed by atoms with Crippen LogP contribution in [0.3, 0.4) is 0 Å². The minimum atomic E-state index is -4.59. The molecule has 3 N–H and O–H groups in total. The van der Waals surface area contributed by atoms with Gasteiger partial charge in [0, 0.05) is 25.9 Å². The Morgan fingerprint density at radius 1 is 1.20 bits per heavy atom. The van der Waals surface area contributed by atoms with Crippen molar-refractivity contribution in [3.63, 3.8) is 0 Å². The van der Waals surface area contributed by atoms with Crippen LogP contribution in [-0.4, -0.2) is 49.8 Å². The van der Waals surface area contributed by atoms with E-state index in [1.165, 1.54) is 14.2 Å². The molecule has 0 spiro atoms. The standard InChI is InChI=1S/C24H32F3N5O3/c1-28-12-15-8-9-19(21(10-15)35-3)31-23-29-13-17(24(25,26)27)20(32-23)11-16-6-4-5-7-18(16)30-22(33)14-34-2/h8-10,13,16,18,28H,4-7,11-12,14H2,1-3H3,(H,30,33)(H,29,31,32)/t16-,18+/m0/s1. The van der Waals surface area contributed by atoms with Gasteiger partial charge in [0.25, 0.3) is 0 Å². The third kappa shape index (κ3) is 7.28. The highest BCUT2D eigenvalue weighted by atomic mass is 19.4. The van der Waals surface area contributed by atoms with Crippen LogP contribution in [0.15, 0.2) is 24.4 Å². The molecule has 2 atom stereocenters. The van der Waals surface area contributed by atoms with Crippen LogP contribution in [0, 0.1) is 5.92 Å². The minimum absolute atomic E-state index is 0.0449. The van der Waals surface area contributed by atoms with Crippen LogP contribution in [0.1, 0.15) is 42.5 Å². The summed E-state index contributed by atoms with van der Waals surface area (Å²) < 4.78 is 51.7. The number of ether oxygens (including phenoxy) is 2. The van der Waals surface area contributed by atoms with Crippen LogP contribution in [0.25, 0.3) is 0 Å². The van der Waals surface area contributed by atoms with Gasteiger partial charge in [-0.05, 0) is 49.9 Å². The molecule has 0 radical (unpaired) electrons. The lowest BCUT2D eigenvalue weighted by molar-refractivity contribution is -0.139. The number of anilines is 2. The summed E-state index contributed by atoms with van der Waals surface area (Å²) in [5.74, 6) is 0.113. The normalized spacial score (nSPS) is 18.2. The van der Waals surface area contributed by atoms with Crippen molar-refractivity contribution in [2.24, 2.45) is 5.92 Å². The molecule has 0 saturated heterocycles. The first-order valence-electron chi connectivity index (χ1n) is 11.5. The van der Waals surface area contributed by atoms with Crippen molar-refractivity contribution in [3.8, 4) is 5.75 Å². The van der Waals surface area contributed by atoms with Gasteiger partial charge in [0.05, 0.1) is 24.1 Å². The van der Waals surface area contributed by atoms with Gasteiger partial charge in [-0.15, -0.1) is 0 Å². The van der Waals surface area contributed by atoms with Crippen molar-refractivity contribution in [1.29, 1.82) is 0 Å². The Morgan fingerprint density at radius 2 is 1.97 bits per heavy atom. The molecule has 3 rings (SSSR count). The number of nitrogens with one attached hydrogen (secondary N) is 3. The average molecular weight is 496 g/mol. The molecule has 2 aromatic rings. The monoisotopic (exact) mass is 495 g/mol. The molecule has 1 aliphatic rings. The van der Waals surface area contributed by atoms with Crippen molar-refractivity contribution in [1.82, 2.24) is 20.6 Å². The van der Waals surface area contributed by atoms with Gasteiger partial charge in [-0.2, -0.15) is 13.2 Å². The number of aromatic nitrogens is 2. The Kier molecular flexibility index (Phi) is 9.27. The molecule has 1 heterocycles. The van der Waals surface area contributed by atoms with E-state index in [0.29, 0.717) is 30.8 Å². The lowest BCUT2D eigenvalue weighted by Crippen LogP contribution is -2.44. The first-order valence-corrected chi connectivity index (χ1v) is 11.5. The fourth-order valence-corrected chi connectivity index (χ4v) is 4.41. The molecule has 1 aromatic carbocycles. The molecule has 1 amide bonds. The summed E-state index contributed by atoms with van der Waals surface area (Å²) in [5, 5.41) is 8.95. The second-order valence-electron chi connectivity index (χ2n) is 8.60. The Labute approximate surface area is 203 Å². The zero-order valence-electron chi connectivity index (χ0n) is 20.2. The first-order chi connectivity index (χ1) is 16.7. The van der Waals surface area contributed by atoms with Crippen molar-refractivity contribution < 1.29 is 27.4 Å². The van der Waals surface area contributed by atoms with Gasteiger partial charge in [0.15, 0.2) is 0 Å². The molecule has 8 nitrogen and oxygen atoms in total. The number of hydrogen-bond acceptors (Lipinski definition) is 7. The van der Waals surface area contributed by atoms with E-state index in [1.54, 1.807) is 6.07 Å². The van der Waals surface area contributed by atoms with E-state index < -0.39 is 11.7 Å². The van der Waals surface area contributed by atoms with E-state index in [0.717, 1.165) is 24.6 Å². The number of rotatable bonds is 10. The van der Waals surface area contributed by atoms with E-state index in [9.17, 15) is 18.0 Å². The Bertz CT molecular complexity index is 1000. The number of carbonyl (C=O) groups is 1. The maximum absolute atomic E-state index is 13.8. The number of benzene rings is 1. The Balaban J connectivity index is 1.87. The summed E-state index contributed by atoms with van der Waals surface area (Å²) in [6.07, 6.45) is -0.522. The van der Waals surface area contributed by atoms with Gasteiger partial charge >= 0.3 is 6.18 Å². The van der Waals surface area contributed by atoms with Gasteiger partial charge in [-0.3, -0.25) is 4.79 Å². The highest BCUT2D eigenvalue weighted by molar-refractivity contribution is 5.77. The van der Waals surface area contributed by atoms with E-state index in [4.69, 9.17) is 9.47 Å². The van der Waals surface area contributed by atoms with Crippen LogP contribution >= 0.6 is 0 Å². The van der Waals surface area contributed by atoms with Crippen LogP contribution in [0.2, 0.25) is 0 Å². The summed E-state index contributed by atoms with van der Waals surface area (Å²) in [7, 11) is 4.77. The van der Waals surface area contributed by atoms with Gasteiger partial charge < -0.3 is 25.4 Å². The van der Waals surface area contributed by atoms with E-state index >= 15 is 0 Å². The number of carbonyl (C=O) groups excluding carboxylic acids is 1. The number of alkyl halides is 3. The summed E-state index contributed by atoms with van der Waals surface area (Å²) in [6.45, 7) is 0.550. The number of halogens is 3. The van der Waals surface area contributed by atoms with Gasteiger partial charge in [-0.25, -0.2) is 9.97 Å². The predicted molar refractivity (Wildman–Crippen MR) is 126 cm³/mol. The van der Waals surface area contributed by atoms with Crippen molar-refractivity contribution in [3.05, 3.63) is 41.2 Å². The predicted octanol–water partition coefficient (Wildman–Crippen LogP) is 3.83. The van der Waals surface area contributed by atoms with Crippen molar-refractivity contribution >= 4 is 17.5 Å².